The summed E-state index contributed by atoms with van der Waals surface area (Å²) in [6.07, 6.45) is 2.46. The number of hydrogen-bond donors (Lipinski definition) is 1. The van der Waals surface area contributed by atoms with Gasteiger partial charge < -0.3 is 5.11 Å². The number of benzene rings is 1. The summed E-state index contributed by atoms with van der Waals surface area (Å²) in [5.74, 6) is -0.945. The predicted molar refractivity (Wildman–Crippen MR) is 86.1 cm³/mol. The van der Waals surface area contributed by atoms with E-state index < -0.39 is 5.97 Å². The number of ketones is 1. The van der Waals surface area contributed by atoms with E-state index in [9.17, 15) is 14.7 Å². The molecule has 2 atom stereocenters. The van der Waals surface area contributed by atoms with Crippen molar-refractivity contribution in [1.29, 1.82) is 5.26 Å². The van der Waals surface area contributed by atoms with E-state index in [1.54, 1.807) is 24.3 Å². The standard InChI is InChI=1S/C18H22N2O3/c1-2-16(18(22)23)15-4-3-9-20(11-15)12-17(21)14-7-5-13(10-19)6-8-14/h5-8,15-16H,2-4,9,11-12H2,1H3,(H,22,23)/t15?,16-/m1/s1. The van der Waals surface area contributed by atoms with Gasteiger partial charge in [-0.3, -0.25) is 14.5 Å². The van der Waals surface area contributed by atoms with Gasteiger partial charge in [0.2, 0.25) is 0 Å². The fraction of sp³-hybridized carbons (Fsp3) is 0.500. The first-order valence-electron chi connectivity index (χ1n) is 8.03. The minimum Gasteiger partial charge on any atom is -0.481 e. The lowest BCUT2D eigenvalue weighted by Crippen LogP contribution is -2.42. The number of hydrogen-bond acceptors (Lipinski definition) is 4. The second kappa shape index (κ2) is 7.89. The van der Waals surface area contributed by atoms with E-state index in [1.807, 2.05) is 13.0 Å². The Labute approximate surface area is 136 Å². The molecule has 23 heavy (non-hydrogen) atoms. The first-order valence-corrected chi connectivity index (χ1v) is 8.03. The summed E-state index contributed by atoms with van der Waals surface area (Å²) >= 11 is 0. The third kappa shape index (κ3) is 4.40. The molecular weight excluding hydrogens is 292 g/mol. The van der Waals surface area contributed by atoms with Crippen LogP contribution in [-0.4, -0.2) is 41.4 Å². The summed E-state index contributed by atoms with van der Waals surface area (Å²) in [6.45, 7) is 3.69. The molecule has 122 valence electrons. The van der Waals surface area contributed by atoms with Gasteiger partial charge in [-0.15, -0.1) is 0 Å². The van der Waals surface area contributed by atoms with Gasteiger partial charge in [-0.1, -0.05) is 19.1 Å². The molecular formula is C18H22N2O3. The number of nitrogens with zero attached hydrogens (tertiary/aromatic N) is 2. The zero-order chi connectivity index (χ0) is 16.8. The minimum absolute atomic E-state index is 0.0125. The van der Waals surface area contributed by atoms with Crippen molar-refractivity contribution >= 4 is 11.8 Å². The Kier molecular flexibility index (Phi) is 5.89. The monoisotopic (exact) mass is 314 g/mol. The van der Waals surface area contributed by atoms with Crippen molar-refractivity contribution in [1.82, 2.24) is 4.90 Å². The summed E-state index contributed by atoms with van der Waals surface area (Å²) in [6, 6.07) is 8.67. The van der Waals surface area contributed by atoms with Crippen molar-refractivity contribution in [3.05, 3.63) is 35.4 Å². The number of likely N-dealkylation sites (tertiary alicyclic amines) is 1. The normalized spacial score (nSPS) is 19.7. The number of Topliss-reactive ketones (excluding diaryl/α,β-unsaturated/α-hetero) is 1. The number of carbonyl (C=O) groups excluding carboxylic acids is 1. The summed E-state index contributed by atoms with van der Waals surface area (Å²) in [5.41, 5.74) is 1.13. The average molecular weight is 314 g/mol. The Morgan fingerprint density at radius 2 is 2.09 bits per heavy atom. The van der Waals surface area contributed by atoms with E-state index in [0.29, 0.717) is 30.6 Å². The van der Waals surface area contributed by atoms with Crippen LogP contribution >= 0.6 is 0 Å². The maximum atomic E-state index is 12.4. The highest BCUT2D eigenvalue weighted by molar-refractivity contribution is 5.97. The largest absolute Gasteiger partial charge is 0.481 e. The van der Waals surface area contributed by atoms with Gasteiger partial charge >= 0.3 is 5.97 Å². The Balaban J connectivity index is 1.97. The predicted octanol–water partition coefficient (Wildman–Crippen LogP) is 2.56. The summed E-state index contributed by atoms with van der Waals surface area (Å²) in [4.78, 5) is 25.7. The SMILES string of the molecule is CC[C@@H](C(=O)O)C1CCCN(CC(=O)c2ccc(C#N)cc2)C1. The van der Waals surface area contributed by atoms with Gasteiger partial charge in [0.15, 0.2) is 5.78 Å². The maximum absolute atomic E-state index is 12.4. The lowest BCUT2D eigenvalue weighted by atomic mass is 9.83. The fourth-order valence-electron chi connectivity index (χ4n) is 3.30. The van der Waals surface area contributed by atoms with Crippen LogP contribution in [0.2, 0.25) is 0 Å². The van der Waals surface area contributed by atoms with Crippen LogP contribution in [0.1, 0.15) is 42.1 Å². The molecule has 1 aromatic carbocycles. The molecule has 1 aliphatic heterocycles. The lowest BCUT2D eigenvalue weighted by Gasteiger charge is -2.34. The molecule has 2 rings (SSSR count). The molecule has 1 aromatic rings. The molecule has 1 aliphatic rings. The van der Waals surface area contributed by atoms with E-state index in [2.05, 4.69) is 4.90 Å². The smallest absolute Gasteiger partial charge is 0.306 e. The topological polar surface area (TPSA) is 81.4 Å². The van der Waals surface area contributed by atoms with Crippen molar-refractivity contribution in [2.45, 2.75) is 26.2 Å². The van der Waals surface area contributed by atoms with Crippen molar-refractivity contribution in [3.8, 4) is 6.07 Å². The third-order valence-corrected chi connectivity index (χ3v) is 4.57. The van der Waals surface area contributed by atoms with Crippen LogP contribution in [0.4, 0.5) is 0 Å². The summed E-state index contributed by atoms with van der Waals surface area (Å²) in [7, 11) is 0. The molecule has 0 radical (unpaired) electrons. The van der Waals surface area contributed by atoms with Crippen molar-refractivity contribution in [3.63, 3.8) is 0 Å². The van der Waals surface area contributed by atoms with E-state index in [4.69, 9.17) is 5.26 Å². The highest BCUT2D eigenvalue weighted by Crippen LogP contribution is 2.26. The molecule has 1 fully saturated rings. The van der Waals surface area contributed by atoms with Crippen molar-refractivity contribution in [2.75, 3.05) is 19.6 Å². The van der Waals surface area contributed by atoms with Crippen LogP contribution in [0, 0.1) is 23.2 Å². The third-order valence-electron chi connectivity index (χ3n) is 4.57. The highest BCUT2D eigenvalue weighted by Gasteiger charge is 2.31. The quantitative estimate of drug-likeness (QED) is 0.816. The Bertz CT molecular complexity index is 604. The Hall–Kier alpha value is -2.19. The minimum atomic E-state index is -0.738. The second-order valence-corrected chi connectivity index (χ2v) is 6.10. The fourth-order valence-corrected chi connectivity index (χ4v) is 3.30. The number of nitriles is 1. The number of piperidine rings is 1. The first kappa shape index (κ1) is 17.2. The van der Waals surface area contributed by atoms with Crippen LogP contribution in [0.3, 0.4) is 0 Å². The van der Waals surface area contributed by atoms with Crippen LogP contribution < -0.4 is 0 Å². The number of aliphatic carboxylic acids is 1. The molecule has 5 heteroatoms. The van der Waals surface area contributed by atoms with Crippen LogP contribution in [0.15, 0.2) is 24.3 Å². The zero-order valence-corrected chi connectivity index (χ0v) is 13.4. The van der Waals surface area contributed by atoms with Crippen molar-refractivity contribution in [2.24, 2.45) is 11.8 Å². The van der Waals surface area contributed by atoms with Crippen LogP contribution in [0.25, 0.3) is 0 Å². The molecule has 1 N–H and O–H groups in total. The van der Waals surface area contributed by atoms with Gasteiger partial charge in [-0.2, -0.15) is 5.26 Å². The van der Waals surface area contributed by atoms with Gasteiger partial charge in [0.05, 0.1) is 24.1 Å². The molecule has 1 unspecified atom stereocenters. The molecule has 0 bridgehead atoms. The van der Waals surface area contributed by atoms with E-state index in [1.165, 1.54) is 0 Å². The second-order valence-electron chi connectivity index (χ2n) is 6.10. The van der Waals surface area contributed by atoms with Gasteiger partial charge in [0.1, 0.15) is 0 Å². The molecule has 0 aromatic heterocycles. The molecule has 0 spiro atoms. The average Bonchev–Trinajstić information content (AvgIpc) is 2.55. The van der Waals surface area contributed by atoms with Crippen molar-refractivity contribution < 1.29 is 14.7 Å². The number of rotatable bonds is 6. The van der Waals surface area contributed by atoms with E-state index in [0.717, 1.165) is 19.4 Å². The highest BCUT2D eigenvalue weighted by atomic mass is 16.4. The molecule has 0 amide bonds. The van der Waals surface area contributed by atoms with Crippen LogP contribution in [-0.2, 0) is 4.79 Å². The van der Waals surface area contributed by atoms with Crippen LogP contribution in [0.5, 0.6) is 0 Å². The molecule has 0 saturated carbocycles. The lowest BCUT2D eigenvalue weighted by molar-refractivity contribution is -0.144. The van der Waals surface area contributed by atoms with E-state index in [-0.39, 0.29) is 17.6 Å². The first-order chi connectivity index (χ1) is 11.0. The maximum Gasteiger partial charge on any atom is 0.306 e. The van der Waals surface area contributed by atoms with E-state index >= 15 is 0 Å². The van der Waals surface area contributed by atoms with Gasteiger partial charge in [-0.05, 0) is 43.9 Å². The number of carboxylic acids is 1. The van der Waals surface area contributed by atoms with Gasteiger partial charge in [0, 0.05) is 12.1 Å². The number of carbonyl (C=O) groups is 2. The Morgan fingerprint density at radius 1 is 1.39 bits per heavy atom. The summed E-state index contributed by atoms with van der Waals surface area (Å²) in [5, 5.41) is 18.1. The zero-order valence-electron chi connectivity index (χ0n) is 13.4. The molecule has 1 saturated heterocycles. The van der Waals surface area contributed by atoms with Gasteiger partial charge in [-0.25, -0.2) is 0 Å². The molecule has 0 aliphatic carbocycles. The molecule has 5 nitrogen and oxygen atoms in total. The molecule has 1 heterocycles. The van der Waals surface area contributed by atoms with Gasteiger partial charge in [0.25, 0.3) is 0 Å². The number of carboxylic acid groups (broad SMARTS) is 1. The Morgan fingerprint density at radius 3 is 2.65 bits per heavy atom. The summed E-state index contributed by atoms with van der Waals surface area (Å²) < 4.78 is 0.